The second kappa shape index (κ2) is 4.06. The third-order valence-corrected chi connectivity index (χ3v) is 1.80. The molecule has 0 heterocycles. The number of rotatable bonds is 2. The summed E-state index contributed by atoms with van der Waals surface area (Å²) in [4.78, 5) is 10.5. The van der Waals surface area contributed by atoms with Crippen molar-refractivity contribution >= 4 is 16.2 Å². The van der Waals surface area contributed by atoms with Gasteiger partial charge in [0.1, 0.15) is 5.75 Å². The maximum absolute atomic E-state index is 10.5. The van der Waals surface area contributed by atoms with Crippen LogP contribution in [-0.4, -0.2) is 16.2 Å². The monoisotopic (exact) mass is 177 g/mol. The van der Waals surface area contributed by atoms with Crippen molar-refractivity contribution in [3.63, 3.8) is 0 Å². The lowest BCUT2D eigenvalue weighted by molar-refractivity contribution is -0.131. The SMILES string of the molecule is CC(=O)Oc1ccc(C[Si])cc1. The zero-order chi connectivity index (χ0) is 8.97. The highest BCUT2D eigenvalue weighted by atomic mass is 28.1. The van der Waals surface area contributed by atoms with Gasteiger partial charge in [0.2, 0.25) is 0 Å². The highest BCUT2D eigenvalue weighted by Crippen LogP contribution is 2.11. The molecule has 3 radical (unpaired) electrons. The molecule has 0 aromatic heterocycles. The zero-order valence-electron chi connectivity index (χ0n) is 6.83. The highest BCUT2D eigenvalue weighted by Gasteiger charge is 1.96. The Bertz CT molecular complexity index is 266. The Kier molecular flexibility index (Phi) is 3.05. The normalized spacial score (nSPS) is 9.50. The summed E-state index contributed by atoms with van der Waals surface area (Å²) >= 11 is 0. The summed E-state index contributed by atoms with van der Waals surface area (Å²) in [6.45, 7) is 1.39. The first-order valence-electron chi connectivity index (χ1n) is 3.64. The van der Waals surface area contributed by atoms with Crippen LogP contribution in [-0.2, 0) is 10.8 Å². The van der Waals surface area contributed by atoms with Crippen molar-refractivity contribution in [3.8, 4) is 5.75 Å². The van der Waals surface area contributed by atoms with Gasteiger partial charge in [-0.2, -0.15) is 0 Å². The van der Waals surface area contributed by atoms with E-state index in [-0.39, 0.29) is 5.97 Å². The van der Waals surface area contributed by atoms with Crippen molar-refractivity contribution < 1.29 is 9.53 Å². The maximum atomic E-state index is 10.5. The number of carbonyl (C=O) groups is 1. The van der Waals surface area contributed by atoms with Gasteiger partial charge in [-0.05, 0) is 18.2 Å². The Balaban J connectivity index is 2.71. The van der Waals surface area contributed by atoms with E-state index in [9.17, 15) is 4.79 Å². The van der Waals surface area contributed by atoms with Crippen LogP contribution in [0.2, 0.25) is 0 Å². The van der Waals surface area contributed by atoms with Gasteiger partial charge in [0, 0.05) is 17.2 Å². The minimum absolute atomic E-state index is 0.291. The molecule has 0 aliphatic carbocycles. The van der Waals surface area contributed by atoms with E-state index in [0.717, 1.165) is 11.6 Å². The second-order valence-electron chi connectivity index (χ2n) is 2.41. The van der Waals surface area contributed by atoms with E-state index in [2.05, 4.69) is 10.2 Å². The first-order valence-corrected chi connectivity index (χ1v) is 4.35. The number of hydrogen-bond acceptors (Lipinski definition) is 2. The Morgan fingerprint density at radius 2 is 2.00 bits per heavy atom. The summed E-state index contributed by atoms with van der Waals surface area (Å²) in [5, 5.41) is 0. The predicted octanol–water partition coefficient (Wildman–Crippen LogP) is 1.28. The molecule has 0 fully saturated rings. The van der Waals surface area contributed by atoms with Crippen LogP contribution in [0.5, 0.6) is 5.75 Å². The van der Waals surface area contributed by atoms with Crippen LogP contribution in [0, 0.1) is 0 Å². The van der Waals surface area contributed by atoms with Crippen LogP contribution < -0.4 is 4.74 Å². The van der Waals surface area contributed by atoms with Gasteiger partial charge in [-0.1, -0.05) is 17.7 Å². The van der Waals surface area contributed by atoms with Gasteiger partial charge < -0.3 is 4.74 Å². The molecule has 0 saturated carbocycles. The van der Waals surface area contributed by atoms with E-state index < -0.39 is 0 Å². The van der Waals surface area contributed by atoms with Crippen molar-refractivity contribution in [1.29, 1.82) is 0 Å². The Morgan fingerprint density at radius 3 is 2.42 bits per heavy atom. The number of carbonyl (C=O) groups excluding carboxylic acids is 1. The van der Waals surface area contributed by atoms with Crippen LogP contribution in [0.25, 0.3) is 0 Å². The van der Waals surface area contributed by atoms with E-state index >= 15 is 0 Å². The van der Waals surface area contributed by atoms with Crippen LogP contribution >= 0.6 is 0 Å². The van der Waals surface area contributed by atoms with Crippen molar-refractivity contribution in [2.24, 2.45) is 0 Å². The van der Waals surface area contributed by atoms with Crippen molar-refractivity contribution in [3.05, 3.63) is 29.8 Å². The molecule has 0 aliphatic heterocycles. The molecule has 1 rings (SSSR count). The fraction of sp³-hybridized carbons (Fsp3) is 0.222. The van der Waals surface area contributed by atoms with E-state index in [4.69, 9.17) is 4.74 Å². The summed E-state index contributed by atoms with van der Waals surface area (Å²) < 4.78 is 4.86. The molecule has 1 aromatic carbocycles. The lowest BCUT2D eigenvalue weighted by Crippen LogP contribution is -2.01. The molecule has 0 saturated heterocycles. The molecule has 3 heteroatoms. The van der Waals surface area contributed by atoms with Crippen LogP contribution in [0.3, 0.4) is 0 Å². The molecule has 0 N–H and O–H groups in total. The average molecular weight is 177 g/mol. The largest absolute Gasteiger partial charge is 0.427 e. The standard InChI is InChI=1S/C9H9O2Si/c1-7(10)11-9-4-2-8(6-12)3-5-9/h2-5H,6H2,1H3. The second-order valence-corrected chi connectivity index (χ2v) is 2.77. The quantitative estimate of drug-likeness (QED) is 0.386. The van der Waals surface area contributed by atoms with Gasteiger partial charge >= 0.3 is 5.97 Å². The van der Waals surface area contributed by atoms with E-state index in [0.29, 0.717) is 5.75 Å². The van der Waals surface area contributed by atoms with Gasteiger partial charge in [-0.3, -0.25) is 4.79 Å². The number of benzene rings is 1. The third-order valence-electron chi connectivity index (χ3n) is 1.39. The molecule has 2 nitrogen and oxygen atoms in total. The molecule has 0 unspecified atom stereocenters. The van der Waals surface area contributed by atoms with Crippen molar-refractivity contribution in [1.82, 2.24) is 0 Å². The summed E-state index contributed by atoms with van der Waals surface area (Å²) in [5.74, 6) is 0.299. The summed E-state index contributed by atoms with van der Waals surface area (Å²) in [5.41, 5.74) is 1.16. The smallest absolute Gasteiger partial charge is 0.308 e. The van der Waals surface area contributed by atoms with Crippen LogP contribution in [0.1, 0.15) is 12.5 Å². The van der Waals surface area contributed by atoms with Gasteiger partial charge in [0.15, 0.2) is 0 Å². The molecule has 0 aliphatic rings. The van der Waals surface area contributed by atoms with E-state index in [1.54, 1.807) is 12.1 Å². The average Bonchev–Trinajstić information content (AvgIpc) is 2.05. The lowest BCUT2D eigenvalue weighted by Gasteiger charge is -2.01. The first kappa shape index (κ1) is 9.00. The summed E-state index contributed by atoms with van der Waals surface area (Å²) in [6.07, 6.45) is 0. The highest BCUT2D eigenvalue weighted by molar-refractivity contribution is 6.08. The topological polar surface area (TPSA) is 26.3 Å². The molecular weight excluding hydrogens is 168 g/mol. The molecule has 0 bridgehead atoms. The summed E-state index contributed by atoms with van der Waals surface area (Å²) in [7, 11) is 3.37. The maximum Gasteiger partial charge on any atom is 0.308 e. The molecule has 1 aromatic rings. The fourth-order valence-electron chi connectivity index (χ4n) is 0.841. The van der Waals surface area contributed by atoms with Crippen molar-refractivity contribution in [2.45, 2.75) is 13.0 Å². The van der Waals surface area contributed by atoms with E-state index in [1.807, 2.05) is 12.1 Å². The first-order chi connectivity index (χ1) is 5.72. The third kappa shape index (κ3) is 2.51. The Hall–Kier alpha value is -1.09. The van der Waals surface area contributed by atoms with Crippen LogP contribution in [0.15, 0.2) is 24.3 Å². The Labute approximate surface area is 75.0 Å². The number of hydrogen-bond donors (Lipinski definition) is 0. The summed E-state index contributed by atoms with van der Waals surface area (Å²) in [6, 6.07) is 8.17. The molecule has 0 spiro atoms. The van der Waals surface area contributed by atoms with Crippen molar-refractivity contribution in [2.75, 3.05) is 0 Å². The fourth-order valence-corrected chi connectivity index (χ4v) is 1.08. The van der Waals surface area contributed by atoms with E-state index in [1.165, 1.54) is 6.92 Å². The molecule has 61 valence electrons. The van der Waals surface area contributed by atoms with Gasteiger partial charge in [0.05, 0.1) is 0 Å². The van der Waals surface area contributed by atoms with Gasteiger partial charge in [-0.25, -0.2) is 0 Å². The lowest BCUT2D eigenvalue weighted by atomic mass is 10.2. The molecule has 12 heavy (non-hydrogen) atoms. The zero-order valence-corrected chi connectivity index (χ0v) is 7.83. The molecular formula is C9H9O2Si. The van der Waals surface area contributed by atoms with Gasteiger partial charge in [-0.15, -0.1) is 0 Å². The van der Waals surface area contributed by atoms with Gasteiger partial charge in [0.25, 0.3) is 0 Å². The number of esters is 1. The number of ether oxygens (including phenoxy) is 1. The predicted molar refractivity (Wildman–Crippen MR) is 47.2 cm³/mol. The minimum atomic E-state index is -0.291. The molecule has 0 atom stereocenters. The Morgan fingerprint density at radius 1 is 1.42 bits per heavy atom. The molecule has 0 amide bonds. The minimum Gasteiger partial charge on any atom is -0.427 e. The van der Waals surface area contributed by atoms with Crippen LogP contribution in [0.4, 0.5) is 0 Å².